The van der Waals surface area contributed by atoms with E-state index in [1.54, 1.807) is 30.3 Å². The Morgan fingerprint density at radius 1 is 0.828 bits per heavy atom. The van der Waals surface area contributed by atoms with Crippen molar-refractivity contribution in [3.8, 4) is 11.5 Å². The van der Waals surface area contributed by atoms with Gasteiger partial charge >= 0.3 is 11.9 Å². The van der Waals surface area contributed by atoms with Crippen LogP contribution in [0.3, 0.4) is 0 Å². The third-order valence-corrected chi connectivity index (χ3v) is 4.42. The van der Waals surface area contributed by atoms with Gasteiger partial charge in [-0.1, -0.05) is 60.2 Å². The Morgan fingerprint density at radius 3 is 2.10 bits per heavy atom. The second-order valence-corrected chi connectivity index (χ2v) is 6.57. The van der Waals surface area contributed by atoms with Crippen LogP contribution in [-0.4, -0.2) is 12.2 Å². The molecule has 4 nitrogen and oxygen atoms in total. The molecular weight excluding hydrogens is 381 g/mol. The van der Waals surface area contributed by atoms with Crippen LogP contribution in [0, 0.1) is 6.92 Å². The second kappa shape index (κ2) is 7.16. The topological polar surface area (TPSA) is 42.9 Å². The second-order valence-electron chi connectivity index (χ2n) is 6.57. The van der Waals surface area contributed by atoms with Crippen molar-refractivity contribution >= 4 is 11.7 Å². The van der Waals surface area contributed by atoms with E-state index in [9.17, 15) is 13.2 Å². The first-order chi connectivity index (χ1) is 13.9. The zero-order valence-electron chi connectivity index (χ0n) is 15.4. The summed E-state index contributed by atoms with van der Waals surface area (Å²) in [5, 5.41) is 2.83. The number of hydrogen-bond acceptors (Lipinski definition) is 4. The number of hydrogen-bond donors (Lipinski definition) is 1. The molecule has 29 heavy (non-hydrogen) atoms. The highest BCUT2D eigenvalue weighted by molar-refractivity contribution is 5.91. The van der Waals surface area contributed by atoms with Crippen LogP contribution in [0.5, 0.6) is 11.5 Å². The molecule has 0 amide bonds. The van der Waals surface area contributed by atoms with Crippen LogP contribution in [0.15, 0.2) is 83.9 Å². The molecule has 1 N–H and O–H groups in total. The van der Waals surface area contributed by atoms with Crippen molar-refractivity contribution in [2.45, 2.75) is 18.8 Å². The van der Waals surface area contributed by atoms with Crippen LogP contribution in [-0.2, 0) is 5.72 Å². The molecule has 0 saturated carbocycles. The van der Waals surface area contributed by atoms with Crippen molar-refractivity contribution in [1.29, 1.82) is 0 Å². The highest BCUT2D eigenvalue weighted by Gasteiger charge is 2.61. The third kappa shape index (κ3) is 3.63. The predicted molar refractivity (Wildman–Crippen MR) is 104 cm³/mol. The lowest BCUT2D eigenvalue weighted by atomic mass is 10.0. The normalized spacial score (nSPS) is 18.6. The van der Waals surface area contributed by atoms with Crippen LogP contribution in [0.4, 0.5) is 18.9 Å². The zero-order chi connectivity index (χ0) is 20.5. The molecule has 0 unspecified atom stereocenters. The van der Waals surface area contributed by atoms with E-state index >= 15 is 0 Å². The van der Waals surface area contributed by atoms with Crippen LogP contribution in [0.25, 0.3) is 0 Å². The van der Waals surface area contributed by atoms with Crippen LogP contribution in [0.2, 0.25) is 0 Å². The van der Waals surface area contributed by atoms with Crippen molar-refractivity contribution < 1.29 is 22.6 Å². The van der Waals surface area contributed by atoms with E-state index in [-0.39, 0.29) is 23.1 Å². The molecule has 4 rings (SSSR count). The number of anilines is 1. The maximum absolute atomic E-state index is 14.4. The minimum Gasteiger partial charge on any atom is -0.449 e. The molecule has 0 fully saturated rings. The Hall–Kier alpha value is -3.48. The van der Waals surface area contributed by atoms with Gasteiger partial charge in [0.05, 0.1) is 0 Å². The lowest BCUT2D eigenvalue weighted by Gasteiger charge is -2.31. The van der Waals surface area contributed by atoms with Gasteiger partial charge in [0.2, 0.25) is 0 Å². The monoisotopic (exact) mass is 398 g/mol. The van der Waals surface area contributed by atoms with E-state index in [1.807, 2.05) is 19.1 Å². The number of para-hydroxylation sites is 2. The summed E-state index contributed by atoms with van der Waals surface area (Å²) in [5.74, 6) is 0.0750. The van der Waals surface area contributed by atoms with Crippen molar-refractivity contribution in [2.24, 2.45) is 4.99 Å². The van der Waals surface area contributed by atoms with Gasteiger partial charge in [-0.25, -0.2) is 0 Å². The van der Waals surface area contributed by atoms with Crippen LogP contribution < -0.4 is 14.8 Å². The van der Waals surface area contributed by atoms with Crippen molar-refractivity contribution in [1.82, 2.24) is 0 Å². The molecular formula is C22H17F3N2O2. The van der Waals surface area contributed by atoms with E-state index in [0.717, 1.165) is 5.56 Å². The molecule has 148 valence electrons. The number of aryl methyl sites for hydroxylation is 1. The summed E-state index contributed by atoms with van der Waals surface area (Å²) in [5.41, 5.74) is -1.57. The van der Waals surface area contributed by atoms with Gasteiger partial charge in [-0.05, 0) is 31.2 Å². The minimum absolute atomic E-state index is 0.0573. The van der Waals surface area contributed by atoms with Gasteiger partial charge < -0.3 is 14.8 Å². The van der Waals surface area contributed by atoms with Gasteiger partial charge in [-0.3, -0.25) is 0 Å². The highest BCUT2D eigenvalue weighted by atomic mass is 19.4. The van der Waals surface area contributed by atoms with E-state index in [0.29, 0.717) is 5.69 Å². The fraction of sp³-hybridized carbons (Fsp3) is 0.136. The van der Waals surface area contributed by atoms with Crippen molar-refractivity contribution in [2.75, 3.05) is 5.32 Å². The summed E-state index contributed by atoms with van der Waals surface area (Å²) in [4.78, 5) is 3.92. The smallest absolute Gasteiger partial charge is 0.449 e. The predicted octanol–water partition coefficient (Wildman–Crippen LogP) is 5.65. The Labute approximate surface area is 165 Å². The Kier molecular flexibility index (Phi) is 4.66. The van der Waals surface area contributed by atoms with Gasteiger partial charge in [-0.15, -0.1) is 0 Å². The number of rotatable bonds is 2. The molecule has 3 aromatic rings. The molecule has 1 aliphatic rings. The molecule has 1 aliphatic heterocycles. The van der Waals surface area contributed by atoms with Gasteiger partial charge in [0, 0.05) is 11.3 Å². The fourth-order valence-electron chi connectivity index (χ4n) is 2.96. The van der Waals surface area contributed by atoms with Crippen molar-refractivity contribution in [3.63, 3.8) is 0 Å². The number of alkyl halides is 3. The number of nitrogens with one attached hydrogen (secondary N) is 1. The number of benzene rings is 3. The molecule has 3 aromatic carbocycles. The fourth-order valence-corrected chi connectivity index (χ4v) is 2.96. The Balaban J connectivity index is 1.88. The standard InChI is InChI=1S/C22H17F3N2O2/c1-15-11-13-17(14-12-15)26-20-27-21(22(23,24)25,16-7-3-2-4-8-16)29-19-10-6-5-9-18(19)28-20/h2-14H,1H3,(H,26,27)/t21-/m0/s1. The molecule has 0 bridgehead atoms. The first kappa shape index (κ1) is 18.9. The third-order valence-electron chi connectivity index (χ3n) is 4.42. The molecule has 7 heteroatoms. The van der Waals surface area contributed by atoms with E-state index < -0.39 is 11.9 Å². The van der Waals surface area contributed by atoms with E-state index in [2.05, 4.69) is 10.3 Å². The molecule has 1 atom stereocenters. The quantitative estimate of drug-likeness (QED) is 0.607. The lowest BCUT2D eigenvalue weighted by Crippen LogP contribution is -2.46. The largest absolute Gasteiger partial charge is 0.455 e. The summed E-state index contributed by atoms with van der Waals surface area (Å²) >= 11 is 0. The number of nitrogens with zero attached hydrogens (tertiary/aromatic N) is 1. The average molecular weight is 398 g/mol. The molecule has 0 aromatic heterocycles. The van der Waals surface area contributed by atoms with Crippen LogP contribution >= 0.6 is 0 Å². The van der Waals surface area contributed by atoms with Gasteiger partial charge in [0.15, 0.2) is 11.5 Å². The Bertz CT molecular complexity index is 1030. The summed E-state index contributed by atoms with van der Waals surface area (Å²) in [6, 6.07) is 20.3. The van der Waals surface area contributed by atoms with Crippen LogP contribution in [0.1, 0.15) is 11.1 Å². The maximum atomic E-state index is 14.4. The number of aliphatic imine (C=N–C) groups is 1. The maximum Gasteiger partial charge on any atom is 0.455 e. The van der Waals surface area contributed by atoms with E-state index in [4.69, 9.17) is 9.47 Å². The molecule has 0 saturated heterocycles. The van der Waals surface area contributed by atoms with Gasteiger partial charge in [-0.2, -0.15) is 18.2 Å². The van der Waals surface area contributed by atoms with Crippen molar-refractivity contribution in [3.05, 3.63) is 90.0 Å². The number of fused-ring (bicyclic) bond motifs is 1. The molecule has 0 aliphatic carbocycles. The molecule has 0 spiro atoms. The SMILES string of the molecule is Cc1ccc(NC2=N[C@](c3ccccc3)(C(F)(F)F)Oc3ccccc3O2)cc1. The van der Waals surface area contributed by atoms with Gasteiger partial charge in [0.1, 0.15) is 0 Å². The Morgan fingerprint density at radius 2 is 1.45 bits per heavy atom. The summed E-state index contributed by atoms with van der Waals surface area (Å²) in [6.45, 7) is 1.91. The highest BCUT2D eigenvalue weighted by Crippen LogP contribution is 2.47. The first-order valence-corrected chi connectivity index (χ1v) is 8.89. The van der Waals surface area contributed by atoms with E-state index in [1.165, 1.54) is 36.4 Å². The number of halogens is 3. The minimum atomic E-state index is -4.85. The summed E-state index contributed by atoms with van der Waals surface area (Å²) < 4.78 is 54.4. The lowest BCUT2D eigenvalue weighted by molar-refractivity contribution is -0.251. The first-order valence-electron chi connectivity index (χ1n) is 8.89. The summed E-state index contributed by atoms with van der Waals surface area (Å²) in [6.07, 6.45) is -4.85. The van der Waals surface area contributed by atoms with Gasteiger partial charge in [0.25, 0.3) is 6.02 Å². The molecule has 0 radical (unpaired) electrons. The summed E-state index contributed by atoms with van der Waals surface area (Å²) in [7, 11) is 0. The molecule has 1 heterocycles. The zero-order valence-corrected chi connectivity index (χ0v) is 15.4. The number of amidine groups is 1. The average Bonchev–Trinajstić information content (AvgIpc) is 2.87. The number of ether oxygens (including phenoxy) is 2.